The van der Waals surface area contributed by atoms with Crippen molar-refractivity contribution in [2.75, 3.05) is 0 Å². The summed E-state index contributed by atoms with van der Waals surface area (Å²) < 4.78 is 1.53. The lowest BCUT2D eigenvalue weighted by Gasteiger charge is -2.20. The Kier molecular flexibility index (Phi) is 6.90. The van der Waals surface area contributed by atoms with E-state index < -0.39 is 18.0 Å². The number of hydrogen-bond donors (Lipinski definition) is 3. The van der Waals surface area contributed by atoms with E-state index in [1.54, 1.807) is 25.5 Å². The highest BCUT2D eigenvalue weighted by Gasteiger charge is 2.25. The van der Waals surface area contributed by atoms with Crippen LogP contribution in [0.1, 0.15) is 41.1 Å². The van der Waals surface area contributed by atoms with Crippen LogP contribution in [0.5, 0.6) is 0 Å². The number of rotatable bonds is 8. The number of hydrogen-bond acceptors (Lipinski definition) is 5. The lowest BCUT2D eigenvalue weighted by molar-refractivity contribution is -0.123. The molecular formula is C22H21Cl2N7O2. The van der Waals surface area contributed by atoms with Gasteiger partial charge in [0, 0.05) is 0 Å². The minimum atomic E-state index is -0.797. The van der Waals surface area contributed by atoms with Crippen LogP contribution < -0.4 is 10.6 Å². The van der Waals surface area contributed by atoms with Gasteiger partial charge < -0.3 is 15.6 Å². The number of nitrogens with one attached hydrogen (secondary N) is 3. The number of halogens is 2. The van der Waals surface area contributed by atoms with Crippen LogP contribution in [0.25, 0.3) is 5.78 Å². The van der Waals surface area contributed by atoms with E-state index in [1.807, 2.05) is 30.3 Å². The van der Waals surface area contributed by atoms with Gasteiger partial charge in [0.05, 0.1) is 35.3 Å². The van der Waals surface area contributed by atoms with E-state index >= 15 is 0 Å². The van der Waals surface area contributed by atoms with Crippen LogP contribution >= 0.6 is 23.2 Å². The van der Waals surface area contributed by atoms with Gasteiger partial charge in [-0.05, 0) is 31.4 Å². The van der Waals surface area contributed by atoms with E-state index in [9.17, 15) is 9.59 Å². The second kappa shape index (κ2) is 10.0. The van der Waals surface area contributed by atoms with Gasteiger partial charge in [0.25, 0.3) is 11.7 Å². The summed E-state index contributed by atoms with van der Waals surface area (Å²) in [5.74, 6) is -0.387. The Labute approximate surface area is 199 Å². The number of amides is 2. The third-order valence-corrected chi connectivity index (χ3v) is 5.79. The molecule has 170 valence electrons. The van der Waals surface area contributed by atoms with E-state index in [-0.39, 0.29) is 21.8 Å². The molecular weight excluding hydrogens is 465 g/mol. The van der Waals surface area contributed by atoms with Gasteiger partial charge in [-0.2, -0.15) is 5.10 Å². The zero-order valence-corrected chi connectivity index (χ0v) is 19.1. The van der Waals surface area contributed by atoms with E-state index in [4.69, 9.17) is 23.2 Å². The summed E-state index contributed by atoms with van der Waals surface area (Å²) in [7, 11) is 0. The van der Waals surface area contributed by atoms with Gasteiger partial charge >= 0.3 is 0 Å². The lowest BCUT2D eigenvalue weighted by Crippen LogP contribution is -2.47. The van der Waals surface area contributed by atoms with Crippen LogP contribution in [0.4, 0.5) is 0 Å². The predicted octanol–water partition coefficient (Wildman–Crippen LogP) is 3.37. The predicted molar refractivity (Wildman–Crippen MR) is 124 cm³/mol. The smallest absolute Gasteiger partial charge is 0.268 e. The van der Waals surface area contributed by atoms with Crippen molar-refractivity contribution in [3.8, 4) is 0 Å². The molecule has 4 aromatic rings. The van der Waals surface area contributed by atoms with E-state index in [0.29, 0.717) is 24.3 Å². The van der Waals surface area contributed by atoms with Crippen molar-refractivity contribution in [2.45, 2.75) is 31.8 Å². The number of nitrogens with zero attached hydrogens (tertiary/aromatic N) is 4. The van der Waals surface area contributed by atoms with Crippen LogP contribution in [0.15, 0.2) is 55.0 Å². The minimum absolute atomic E-state index is 0.162. The van der Waals surface area contributed by atoms with Crippen molar-refractivity contribution >= 4 is 40.8 Å². The SMILES string of the molecule is C[C@H](NC(=O)[C@H](CCc1ccccc1)NC(=O)c1cc(Cl)c(Cl)[nH]1)c1cn2nccnc2n1. The van der Waals surface area contributed by atoms with Crippen LogP contribution in [-0.2, 0) is 11.2 Å². The average molecular weight is 486 g/mol. The third-order valence-electron chi connectivity index (χ3n) is 5.09. The first-order valence-electron chi connectivity index (χ1n) is 10.3. The summed E-state index contributed by atoms with van der Waals surface area (Å²) in [6.07, 6.45) is 5.79. The quantitative estimate of drug-likeness (QED) is 0.353. The fourth-order valence-electron chi connectivity index (χ4n) is 3.34. The first-order valence-corrected chi connectivity index (χ1v) is 11.0. The molecule has 0 aliphatic carbocycles. The summed E-state index contributed by atoms with van der Waals surface area (Å²) in [6, 6.07) is 9.93. The molecule has 0 saturated heterocycles. The largest absolute Gasteiger partial charge is 0.346 e. The van der Waals surface area contributed by atoms with Gasteiger partial charge in [0.15, 0.2) is 0 Å². The molecule has 3 aromatic heterocycles. The lowest BCUT2D eigenvalue weighted by atomic mass is 10.0. The highest BCUT2D eigenvalue weighted by molar-refractivity contribution is 6.41. The number of carbonyl (C=O) groups excluding carboxylic acids is 2. The molecule has 0 radical (unpaired) electrons. The number of aryl methyl sites for hydroxylation is 1. The topological polar surface area (TPSA) is 117 Å². The van der Waals surface area contributed by atoms with Crippen LogP contribution in [0.2, 0.25) is 10.2 Å². The molecule has 11 heteroatoms. The number of imidazole rings is 1. The second-order valence-electron chi connectivity index (χ2n) is 7.48. The molecule has 9 nitrogen and oxygen atoms in total. The Morgan fingerprint density at radius 1 is 1.15 bits per heavy atom. The molecule has 0 bridgehead atoms. The number of aromatic amines is 1. The van der Waals surface area contributed by atoms with Crippen molar-refractivity contribution in [3.63, 3.8) is 0 Å². The highest BCUT2D eigenvalue weighted by Crippen LogP contribution is 2.22. The van der Waals surface area contributed by atoms with E-state index in [2.05, 4.69) is 30.7 Å². The molecule has 2 amide bonds. The monoisotopic (exact) mass is 485 g/mol. The maximum Gasteiger partial charge on any atom is 0.268 e. The molecule has 33 heavy (non-hydrogen) atoms. The Balaban J connectivity index is 1.48. The highest BCUT2D eigenvalue weighted by atomic mass is 35.5. The van der Waals surface area contributed by atoms with Crippen molar-refractivity contribution in [1.29, 1.82) is 0 Å². The summed E-state index contributed by atoms with van der Waals surface area (Å²) in [6.45, 7) is 1.81. The fourth-order valence-corrected chi connectivity index (χ4v) is 3.65. The van der Waals surface area contributed by atoms with Crippen molar-refractivity contribution in [1.82, 2.24) is 35.2 Å². The zero-order valence-electron chi connectivity index (χ0n) is 17.6. The van der Waals surface area contributed by atoms with Crippen molar-refractivity contribution < 1.29 is 9.59 Å². The molecule has 0 aliphatic rings. The summed E-state index contributed by atoms with van der Waals surface area (Å²) in [5.41, 5.74) is 1.83. The van der Waals surface area contributed by atoms with Crippen molar-refractivity contribution in [3.05, 3.63) is 82.1 Å². The molecule has 0 spiro atoms. The molecule has 1 aromatic carbocycles. The Morgan fingerprint density at radius 2 is 1.94 bits per heavy atom. The van der Waals surface area contributed by atoms with Gasteiger partial charge in [-0.1, -0.05) is 53.5 Å². The van der Waals surface area contributed by atoms with Gasteiger partial charge in [-0.15, -0.1) is 0 Å². The third kappa shape index (κ3) is 5.50. The zero-order chi connectivity index (χ0) is 23.4. The van der Waals surface area contributed by atoms with Crippen LogP contribution in [0.3, 0.4) is 0 Å². The van der Waals surface area contributed by atoms with Gasteiger partial charge in [-0.3, -0.25) is 9.59 Å². The molecule has 3 N–H and O–H groups in total. The number of benzene rings is 1. The molecule has 3 heterocycles. The maximum atomic E-state index is 13.1. The number of carbonyl (C=O) groups is 2. The van der Waals surface area contributed by atoms with E-state index in [0.717, 1.165) is 5.56 Å². The number of fused-ring (bicyclic) bond motifs is 1. The molecule has 2 atom stereocenters. The summed E-state index contributed by atoms with van der Waals surface area (Å²) in [4.78, 5) is 37.1. The fraction of sp³-hybridized carbons (Fsp3) is 0.227. The average Bonchev–Trinajstić information content (AvgIpc) is 3.40. The van der Waals surface area contributed by atoms with Gasteiger partial charge in [0.2, 0.25) is 5.91 Å². The van der Waals surface area contributed by atoms with Crippen LogP contribution in [-0.4, -0.2) is 42.4 Å². The number of H-pyrrole nitrogens is 1. The Morgan fingerprint density at radius 3 is 2.64 bits per heavy atom. The number of aromatic nitrogens is 5. The first kappa shape index (κ1) is 22.8. The van der Waals surface area contributed by atoms with Crippen LogP contribution in [0, 0.1) is 0 Å². The molecule has 0 aliphatic heterocycles. The summed E-state index contributed by atoms with van der Waals surface area (Å²) >= 11 is 11.9. The summed E-state index contributed by atoms with van der Waals surface area (Å²) in [5, 5.41) is 10.2. The standard InChI is InChI=1S/C22H21Cl2N7O2/c1-13(18-12-31-22(30-18)25-9-10-26-31)27-20(32)16(8-7-14-5-3-2-4-6-14)29-21(33)17-11-15(23)19(24)28-17/h2-6,9-13,16,28H,7-8H2,1H3,(H,27,32)(H,29,33)/t13-,16-/m0/s1. The molecule has 4 rings (SSSR count). The Hall–Kier alpha value is -3.43. The molecule has 0 saturated carbocycles. The van der Waals surface area contributed by atoms with Crippen molar-refractivity contribution in [2.24, 2.45) is 0 Å². The van der Waals surface area contributed by atoms with Gasteiger partial charge in [-0.25, -0.2) is 14.5 Å². The molecule has 0 fully saturated rings. The first-order chi connectivity index (χ1) is 15.9. The normalized spacial score (nSPS) is 12.9. The second-order valence-corrected chi connectivity index (χ2v) is 8.26. The molecule has 0 unspecified atom stereocenters. The van der Waals surface area contributed by atoms with E-state index in [1.165, 1.54) is 10.6 Å². The van der Waals surface area contributed by atoms with Gasteiger partial charge in [0.1, 0.15) is 16.9 Å². The Bertz CT molecular complexity index is 1220. The minimum Gasteiger partial charge on any atom is -0.346 e. The maximum absolute atomic E-state index is 13.1.